The average molecular weight is 374 g/mol. The van der Waals surface area contributed by atoms with E-state index in [-0.39, 0.29) is 10.8 Å². The standard InChI is InChI=1S/C22H18F4O/c1-2-3-4-5-14-6-8-15(9-7-14)16-10-11-18-17(12-16)13-19(23)21(20(18)24)27-22(25)26/h2-3,6-13,22H,4-5H2,1H3/b3-2+. The Labute approximate surface area is 154 Å². The first-order valence-electron chi connectivity index (χ1n) is 8.56. The van der Waals surface area contributed by atoms with Gasteiger partial charge < -0.3 is 4.74 Å². The summed E-state index contributed by atoms with van der Waals surface area (Å²) in [6.45, 7) is -1.31. The van der Waals surface area contributed by atoms with Crippen molar-refractivity contribution in [3.05, 3.63) is 77.9 Å². The molecule has 0 atom stereocenters. The second kappa shape index (κ2) is 8.25. The highest BCUT2D eigenvalue weighted by Gasteiger charge is 2.19. The van der Waals surface area contributed by atoms with Gasteiger partial charge >= 0.3 is 6.61 Å². The van der Waals surface area contributed by atoms with Gasteiger partial charge in [0.05, 0.1) is 0 Å². The fourth-order valence-corrected chi connectivity index (χ4v) is 2.97. The van der Waals surface area contributed by atoms with E-state index in [1.807, 2.05) is 37.3 Å². The number of hydrogen-bond donors (Lipinski definition) is 0. The molecule has 0 saturated heterocycles. The number of rotatable bonds is 6. The van der Waals surface area contributed by atoms with Crippen LogP contribution in [0.4, 0.5) is 17.6 Å². The first kappa shape index (κ1) is 19.0. The molecule has 0 fully saturated rings. The third-order valence-electron chi connectivity index (χ3n) is 4.32. The molecule has 0 aliphatic rings. The number of fused-ring (bicyclic) bond motifs is 1. The van der Waals surface area contributed by atoms with Crippen LogP contribution in [0, 0.1) is 11.6 Å². The lowest BCUT2D eigenvalue weighted by Crippen LogP contribution is -2.06. The summed E-state index contributed by atoms with van der Waals surface area (Å²) in [6.07, 6.45) is 6.02. The first-order chi connectivity index (χ1) is 13.0. The van der Waals surface area contributed by atoms with Crippen molar-refractivity contribution >= 4 is 10.8 Å². The van der Waals surface area contributed by atoms with Gasteiger partial charge in [0.25, 0.3) is 0 Å². The molecule has 0 bridgehead atoms. The summed E-state index contributed by atoms with van der Waals surface area (Å²) in [5.41, 5.74) is 2.88. The van der Waals surface area contributed by atoms with Gasteiger partial charge in [0.2, 0.25) is 0 Å². The summed E-state index contributed by atoms with van der Waals surface area (Å²) >= 11 is 0. The van der Waals surface area contributed by atoms with E-state index in [4.69, 9.17) is 0 Å². The average Bonchev–Trinajstić information content (AvgIpc) is 2.65. The van der Waals surface area contributed by atoms with Gasteiger partial charge in [-0.2, -0.15) is 8.78 Å². The molecular weight excluding hydrogens is 356 g/mol. The van der Waals surface area contributed by atoms with E-state index in [0.717, 1.165) is 30.0 Å². The summed E-state index contributed by atoms with van der Waals surface area (Å²) in [7, 11) is 0. The van der Waals surface area contributed by atoms with Crippen LogP contribution in [0.15, 0.2) is 60.7 Å². The third-order valence-corrected chi connectivity index (χ3v) is 4.32. The maximum atomic E-state index is 14.3. The quantitative estimate of drug-likeness (QED) is 0.337. The molecule has 0 radical (unpaired) electrons. The van der Waals surface area contributed by atoms with E-state index in [1.54, 1.807) is 12.1 Å². The summed E-state index contributed by atoms with van der Waals surface area (Å²) in [5.74, 6) is -3.34. The molecule has 0 spiro atoms. The van der Waals surface area contributed by atoms with Crippen molar-refractivity contribution in [2.45, 2.75) is 26.4 Å². The third kappa shape index (κ3) is 4.30. The Balaban J connectivity index is 1.92. The van der Waals surface area contributed by atoms with Gasteiger partial charge in [-0.1, -0.05) is 48.6 Å². The topological polar surface area (TPSA) is 9.23 Å². The lowest BCUT2D eigenvalue weighted by molar-refractivity contribution is -0.0544. The van der Waals surface area contributed by atoms with Gasteiger partial charge in [-0.25, -0.2) is 8.78 Å². The molecule has 3 aromatic carbocycles. The lowest BCUT2D eigenvalue weighted by Gasteiger charge is -2.11. The summed E-state index contributed by atoms with van der Waals surface area (Å²) in [6, 6.07) is 13.7. The predicted octanol–water partition coefficient (Wildman–Crippen LogP) is 6.90. The molecule has 3 rings (SSSR count). The van der Waals surface area contributed by atoms with Crippen molar-refractivity contribution in [2.24, 2.45) is 0 Å². The van der Waals surface area contributed by atoms with Crippen LogP contribution in [-0.2, 0) is 6.42 Å². The highest BCUT2D eigenvalue weighted by atomic mass is 19.3. The largest absolute Gasteiger partial charge is 0.429 e. The number of halogens is 4. The van der Waals surface area contributed by atoms with Gasteiger partial charge in [-0.3, -0.25) is 0 Å². The zero-order valence-electron chi connectivity index (χ0n) is 14.7. The molecule has 0 aromatic heterocycles. The van der Waals surface area contributed by atoms with Crippen molar-refractivity contribution in [2.75, 3.05) is 0 Å². The van der Waals surface area contributed by atoms with E-state index in [0.29, 0.717) is 0 Å². The van der Waals surface area contributed by atoms with Crippen molar-refractivity contribution in [1.82, 2.24) is 0 Å². The number of alkyl halides is 2. The minimum Gasteiger partial charge on any atom is -0.429 e. The fraction of sp³-hybridized carbons (Fsp3) is 0.182. The van der Waals surface area contributed by atoms with E-state index in [1.165, 1.54) is 11.6 Å². The number of aryl methyl sites for hydroxylation is 1. The fourth-order valence-electron chi connectivity index (χ4n) is 2.97. The van der Waals surface area contributed by atoms with Crippen molar-refractivity contribution in [3.63, 3.8) is 0 Å². The Kier molecular flexibility index (Phi) is 5.79. The van der Waals surface area contributed by atoms with Crippen LogP contribution in [0.5, 0.6) is 5.75 Å². The van der Waals surface area contributed by atoms with Crippen LogP contribution in [0.2, 0.25) is 0 Å². The van der Waals surface area contributed by atoms with Gasteiger partial charge in [0.1, 0.15) is 0 Å². The second-order valence-corrected chi connectivity index (χ2v) is 6.12. The van der Waals surface area contributed by atoms with Crippen LogP contribution in [0.1, 0.15) is 18.9 Å². The summed E-state index contributed by atoms with van der Waals surface area (Å²) in [4.78, 5) is 0. The predicted molar refractivity (Wildman–Crippen MR) is 99.1 cm³/mol. The first-order valence-corrected chi connectivity index (χ1v) is 8.56. The molecular formula is C22H18F4O. The lowest BCUT2D eigenvalue weighted by atomic mass is 9.99. The molecule has 0 N–H and O–H groups in total. The van der Waals surface area contributed by atoms with E-state index in [2.05, 4.69) is 10.8 Å². The molecule has 0 aliphatic heterocycles. The molecule has 0 aliphatic carbocycles. The molecule has 5 heteroatoms. The zero-order valence-corrected chi connectivity index (χ0v) is 14.7. The van der Waals surface area contributed by atoms with Gasteiger partial charge in [-0.15, -0.1) is 0 Å². The molecule has 140 valence electrons. The Morgan fingerprint density at radius 2 is 1.67 bits per heavy atom. The molecule has 27 heavy (non-hydrogen) atoms. The van der Waals surface area contributed by atoms with Crippen LogP contribution < -0.4 is 4.74 Å². The monoisotopic (exact) mass is 374 g/mol. The number of allylic oxidation sites excluding steroid dienone is 2. The van der Waals surface area contributed by atoms with E-state index < -0.39 is 24.0 Å². The van der Waals surface area contributed by atoms with Crippen LogP contribution in [0.25, 0.3) is 21.9 Å². The molecule has 3 aromatic rings. The number of benzene rings is 3. The molecule has 0 amide bonds. The van der Waals surface area contributed by atoms with Gasteiger partial charge in [0, 0.05) is 5.39 Å². The number of hydrogen-bond acceptors (Lipinski definition) is 1. The highest BCUT2D eigenvalue weighted by molar-refractivity contribution is 5.89. The van der Waals surface area contributed by atoms with Crippen molar-refractivity contribution in [1.29, 1.82) is 0 Å². The molecule has 1 nitrogen and oxygen atoms in total. The molecule has 0 heterocycles. The van der Waals surface area contributed by atoms with Crippen LogP contribution in [0.3, 0.4) is 0 Å². The highest BCUT2D eigenvalue weighted by Crippen LogP contribution is 2.33. The molecule has 0 unspecified atom stereocenters. The zero-order chi connectivity index (χ0) is 19.4. The SMILES string of the molecule is C/C=C/CCc1ccc(-c2ccc3c(F)c(OC(F)F)c(F)cc3c2)cc1. The Hall–Kier alpha value is -2.82. The van der Waals surface area contributed by atoms with Gasteiger partial charge in [-0.05, 0) is 54.0 Å². The number of ether oxygens (including phenoxy) is 1. The maximum Gasteiger partial charge on any atom is 0.387 e. The minimum atomic E-state index is -3.29. The smallest absolute Gasteiger partial charge is 0.387 e. The van der Waals surface area contributed by atoms with E-state index >= 15 is 0 Å². The van der Waals surface area contributed by atoms with Gasteiger partial charge in [0.15, 0.2) is 17.4 Å². The maximum absolute atomic E-state index is 14.3. The second-order valence-electron chi connectivity index (χ2n) is 6.12. The van der Waals surface area contributed by atoms with Crippen LogP contribution in [-0.4, -0.2) is 6.61 Å². The van der Waals surface area contributed by atoms with Crippen molar-refractivity contribution < 1.29 is 22.3 Å². The molecule has 0 saturated carbocycles. The van der Waals surface area contributed by atoms with Crippen LogP contribution >= 0.6 is 0 Å². The Morgan fingerprint density at radius 1 is 0.963 bits per heavy atom. The minimum absolute atomic E-state index is 0.0266. The van der Waals surface area contributed by atoms with E-state index in [9.17, 15) is 17.6 Å². The van der Waals surface area contributed by atoms with Crippen molar-refractivity contribution in [3.8, 4) is 16.9 Å². The summed E-state index contributed by atoms with van der Waals surface area (Å²) in [5, 5.41) is 0.306. The Morgan fingerprint density at radius 3 is 2.33 bits per heavy atom. The normalized spacial score (nSPS) is 11.6. The summed E-state index contributed by atoms with van der Waals surface area (Å²) < 4.78 is 56.9. The Bertz CT molecular complexity index is 962.